The van der Waals surface area contributed by atoms with Crippen molar-refractivity contribution in [1.82, 2.24) is 10.2 Å². The molecule has 168 valence electrons. The maximum absolute atomic E-state index is 12.8. The number of carbonyl (C=O) groups excluding carboxylic acids is 3. The van der Waals surface area contributed by atoms with Crippen LogP contribution in [0.3, 0.4) is 0 Å². The second-order valence-corrected chi connectivity index (χ2v) is 8.18. The Bertz CT molecular complexity index is 748. The van der Waals surface area contributed by atoms with Crippen LogP contribution in [-0.2, 0) is 25.5 Å². The fraction of sp³-hybridized carbons (Fsp3) is 0.571. The first kappa shape index (κ1) is 25.6. The number of benzene rings is 1. The fourth-order valence-corrected chi connectivity index (χ4v) is 2.87. The Balaban J connectivity index is 3.01. The number of methoxy groups -OCH3 is 1. The molecule has 0 fully saturated rings. The molecule has 1 atom stereocenters. The van der Waals surface area contributed by atoms with Crippen LogP contribution in [0.2, 0.25) is 5.02 Å². The summed E-state index contributed by atoms with van der Waals surface area (Å²) in [6.07, 6.45) is -0.310. The van der Waals surface area contributed by atoms with E-state index >= 15 is 0 Å². The second-order valence-electron chi connectivity index (χ2n) is 7.74. The molecule has 30 heavy (non-hydrogen) atoms. The Morgan fingerprint density at radius 3 is 2.47 bits per heavy atom. The monoisotopic (exact) mass is 442 g/mol. The van der Waals surface area contributed by atoms with E-state index < -0.39 is 29.5 Å². The molecule has 0 spiro atoms. The average molecular weight is 443 g/mol. The van der Waals surface area contributed by atoms with E-state index in [1.54, 1.807) is 52.9 Å². The van der Waals surface area contributed by atoms with Crippen LogP contribution in [0.25, 0.3) is 0 Å². The first-order valence-corrected chi connectivity index (χ1v) is 10.0. The van der Waals surface area contributed by atoms with Crippen molar-refractivity contribution in [3.05, 3.63) is 28.8 Å². The Morgan fingerprint density at radius 2 is 1.90 bits per heavy atom. The van der Waals surface area contributed by atoms with Crippen LogP contribution in [0, 0.1) is 5.92 Å². The summed E-state index contributed by atoms with van der Waals surface area (Å²) in [6, 6.07) is 5.11. The number of halogens is 1. The average Bonchev–Trinajstić information content (AvgIpc) is 2.64. The number of nitrogens with one attached hydrogen (secondary N) is 1. The van der Waals surface area contributed by atoms with Gasteiger partial charge in [0.05, 0.1) is 19.6 Å². The normalized spacial score (nSPS) is 12.0. The molecule has 0 heterocycles. The minimum Gasteiger partial charge on any atom is -0.496 e. The van der Waals surface area contributed by atoms with E-state index in [-0.39, 0.29) is 26.1 Å². The molecule has 0 aliphatic carbocycles. The van der Waals surface area contributed by atoms with Gasteiger partial charge in [-0.2, -0.15) is 0 Å². The van der Waals surface area contributed by atoms with Crippen molar-refractivity contribution < 1.29 is 28.6 Å². The predicted molar refractivity (Wildman–Crippen MR) is 114 cm³/mol. The highest BCUT2D eigenvalue weighted by atomic mass is 35.5. The lowest BCUT2D eigenvalue weighted by Gasteiger charge is -2.27. The molecular weight excluding hydrogens is 412 g/mol. The Morgan fingerprint density at radius 1 is 1.23 bits per heavy atom. The highest BCUT2D eigenvalue weighted by molar-refractivity contribution is 6.30. The summed E-state index contributed by atoms with van der Waals surface area (Å²) >= 11 is 6.10. The molecule has 0 aliphatic rings. The van der Waals surface area contributed by atoms with Gasteiger partial charge in [-0.1, -0.05) is 11.6 Å². The first-order chi connectivity index (χ1) is 14.0. The topological polar surface area (TPSA) is 94.2 Å². The molecule has 8 nitrogen and oxygen atoms in total. The zero-order valence-corrected chi connectivity index (χ0v) is 19.2. The lowest BCUT2D eigenvalue weighted by Crippen LogP contribution is -2.43. The lowest BCUT2D eigenvalue weighted by molar-refractivity contribution is -0.143. The number of amides is 2. The van der Waals surface area contributed by atoms with E-state index in [1.807, 2.05) is 0 Å². The van der Waals surface area contributed by atoms with Crippen LogP contribution in [0.4, 0.5) is 4.79 Å². The second kappa shape index (κ2) is 11.6. The molecule has 1 rings (SSSR count). The summed E-state index contributed by atoms with van der Waals surface area (Å²) in [5.74, 6) is -1.04. The van der Waals surface area contributed by atoms with Crippen molar-refractivity contribution >= 4 is 29.6 Å². The van der Waals surface area contributed by atoms with Gasteiger partial charge in [-0.05, 0) is 57.9 Å². The molecule has 0 aromatic heterocycles. The van der Waals surface area contributed by atoms with Gasteiger partial charge in [-0.3, -0.25) is 9.59 Å². The fourth-order valence-electron chi connectivity index (χ4n) is 2.67. The number of rotatable bonds is 9. The van der Waals surface area contributed by atoms with Crippen LogP contribution in [0.1, 0.15) is 33.3 Å². The van der Waals surface area contributed by atoms with Gasteiger partial charge >= 0.3 is 12.1 Å². The summed E-state index contributed by atoms with van der Waals surface area (Å²) in [7, 11) is 3.07. The minimum atomic E-state index is -0.677. The van der Waals surface area contributed by atoms with E-state index in [1.165, 1.54) is 12.0 Å². The molecule has 0 saturated carbocycles. The molecule has 1 N–H and O–H groups in total. The molecule has 2 amide bonds. The van der Waals surface area contributed by atoms with Crippen molar-refractivity contribution in [2.24, 2.45) is 5.92 Å². The van der Waals surface area contributed by atoms with Gasteiger partial charge in [0.1, 0.15) is 17.9 Å². The third-order valence-electron chi connectivity index (χ3n) is 3.99. The van der Waals surface area contributed by atoms with E-state index in [2.05, 4.69) is 5.32 Å². The Hall–Kier alpha value is -2.48. The lowest BCUT2D eigenvalue weighted by atomic mass is 9.97. The van der Waals surface area contributed by atoms with E-state index in [4.69, 9.17) is 25.8 Å². The van der Waals surface area contributed by atoms with Crippen LogP contribution >= 0.6 is 11.6 Å². The van der Waals surface area contributed by atoms with Crippen LogP contribution < -0.4 is 10.1 Å². The highest BCUT2D eigenvalue weighted by Gasteiger charge is 2.27. The van der Waals surface area contributed by atoms with Gasteiger partial charge < -0.3 is 24.4 Å². The van der Waals surface area contributed by atoms with Crippen molar-refractivity contribution in [2.75, 3.05) is 33.9 Å². The van der Waals surface area contributed by atoms with Gasteiger partial charge in [0.25, 0.3) is 0 Å². The number of carbonyl (C=O) groups is 3. The molecular formula is C21H31ClN2O6. The Kier molecular flexibility index (Phi) is 9.92. The first-order valence-electron chi connectivity index (χ1n) is 9.66. The number of esters is 1. The van der Waals surface area contributed by atoms with E-state index in [9.17, 15) is 14.4 Å². The summed E-state index contributed by atoms with van der Waals surface area (Å²) in [6.45, 7) is 7.01. The zero-order chi connectivity index (χ0) is 22.9. The minimum absolute atomic E-state index is 0.0687. The highest BCUT2D eigenvalue weighted by Crippen LogP contribution is 2.26. The van der Waals surface area contributed by atoms with Crippen molar-refractivity contribution in [1.29, 1.82) is 0 Å². The predicted octanol–water partition coefficient (Wildman–Crippen LogP) is 3.05. The number of nitrogens with zero attached hydrogens (tertiary/aromatic N) is 1. The van der Waals surface area contributed by atoms with Crippen molar-refractivity contribution in [3.8, 4) is 5.75 Å². The van der Waals surface area contributed by atoms with Gasteiger partial charge in [0.15, 0.2) is 0 Å². The molecule has 0 saturated heterocycles. The molecule has 0 radical (unpaired) electrons. The van der Waals surface area contributed by atoms with Crippen LogP contribution in [0.5, 0.6) is 5.75 Å². The third-order valence-corrected chi connectivity index (χ3v) is 4.23. The maximum atomic E-state index is 12.8. The van der Waals surface area contributed by atoms with Gasteiger partial charge in [-0.15, -0.1) is 0 Å². The zero-order valence-electron chi connectivity index (χ0n) is 18.4. The number of hydrogen-bond donors (Lipinski definition) is 1. The van der Waals surface area contributed by atoms with Gasteiger partial charge in [0.2, 0.25) is 5.91 Å². The number of hydrogen-bond acceptors (Lipinski definition) is 6. The van der Waals surface area contributed by atoms with Crippen molar-refractivity contribution in [2.45, 2.75) is 39.7 Å². The van der Waals surface area contributed by atoms with E-state index in [0.717, 1.165) is 0 Å². The number of ether oxygens (including phenoxy) is 3. The van der Waals surface area contributed by atoms with Crippen LogP contribution in [0.15, 0.2) is 18.2 Å². The van der Waals surface area contributed by atoms with Crippen molar-refractivity contribution in [3.63, 3.8) is 0 Å². The maximum Gasteiger partial charge on any atom is 0.410 e. The van der Waals surface area contributed by atoms with Gasteiger partial charge in [0, 0.05) is 18.6 Å². The molecule has 1 aromatic rings. The van der Waals surface area contributed by atoms with Gasteiger partial charge in [-0.25, -0.2) is 4.79 Å². The summed E-state index contributed by atoms with van der Waals surface area (Å²) in [5, 5.41) is 3.06. The summed E-state index contributed by atoms with van der Waals surface area (Å²) in [5.41, 5.74) is 0.0438. The smallest absolute Gasteiger partial charge is 0.410 e. The summed E-state index contributed by atoms with van der Waals surface area (Å²) in [4.78, 5) is 38.1. The molecule has 9 heteroatoms. The molecule has 0 bridgehead atoms. The van der Waals surface area contributed by atoms with E-state index in [0.29, 0.717) is 16.3 Å². The SMILES string of the molecule is CCOC(=O)CNC(=O)[C@@H](Cc1cc(Cl)ccc1OC)CN(C)C(=O)OC(C)(C)C. The quantitative estimate of drug-likeness (QED) is 0.590. The molecule has 1 aromatic carbocycles. The third kappa shape index (κ3) is 8.90. The molecule has 0 unspecified atom stereocenters. The largest absolute Gasteiger partial charge is 0.496 e. The summed E-state index contributed by atoms with van der Waals surface area (Å²) < 4.78 is 15.6. The standard InChI is InChI=1S/C21H31ClN2O6/c1-7-29-18(25)12-23-19(26)15(13-24(5)20(27)30-21(2,3)4)10-14-11-16(22)8-9-17(14)28-6/h8-9,11,15H,7,10,12-13H2,1-6H3,(H,23,26)/t15-/m0/s1. The van der Waals surface area contributed by atoms with Crippen LogP contribution in [-0.4, -0.2) is 62.3 Å². The molecule has 0 aliphatic heterocycles. The Labute approximate surface area is 182 Å².